The highest BCUT2D eigenvalue weighted by molar-refractivity contribution is 9.10. The van der Waals surface area contributed by atoms with Crippen LogP contribution >= 0.6 is 39.1 Å². The first-order valence-electron chi connectivity index (χ1n) is 4.99. The van der Waals surface area contributed by atoms with E-state index in [0.29, 0.717) is 26.0 Å². The number of hydrogen-bond donors (Lipinski definition) is 1. The zero-order chi connectivity index (χ0) is 13.3. The van der Waals surface area contributed by atoms with Crippen molar-refractivity contribution in [2.24, 2.45) is 0 Å². The van der Waals surface area contributed by atoms with Gasteiger partial charge in [0.2, 0.25) is 0 Å². The van der Waals surface area contributed by atoms with Crippen molar-refractivity contribution in [1.82, 2.24) is 0 Å². The van der Waals surface area contributed by atoms with Crippen molar-refractivity contribution in [1.29, 1.82) is 0 Å². The molecule has 94 valence electrons. The summed E-state index contributed by atoms with van der Waals surface area (Å²) in [4.78, 5) is 11.9. The topological polar surface area (TPSA) is 42.2 Å². The van der Waals surface area contributed by atoms with E-state index in [9.17, 15) is 4.79 Å². The number of amides is 1. The Kier molecular flexibility index (Phi) is 4.00. The van der Waals surface area contributed by atoms with Crippen LogP contribution in [0.5, 0.6) is 0 Å². The van der Waals surface area contributed by atoms with Gasteiger partial charge in [0, 0.05) is 5.02 Å². The van der Waals surface area contributed by atoms with Crippen LogP contribution in [0, 0.1) is 6.92 Å². The van der Waals surface area contributed by atoms with Gasteiger partial charge in [-0.3, -0.25) is 4.79 Å². The lowest BCUT2D eigenvalue weighted by Gasteiger charge is -2.08. The number of carbonyl (C=O) groups is 1. The molecule has 0 radical (unpaired) electrons. The van der Waals surface area contributed by atoms with Gasteiger partial charge in [0.05, 0.1) is 22.5 Å². The van der Waals surface area contributed by atoms with E-state index in [-0.39, 0.29) is 5.91 Å². The summed E-state index contributed by atoms with van der Waals surface area (Å²) in [5.74, 6) is -0.322. The molecular weight excluding hydrogens is 341 g/mol. The fourth-order valence-electron chi connectivity index (χ4n) is 1.39. The average Bonchev–Trinajstić information content (AvgIpc) is 2.72. The Hall–Kier alpha value is -0.970. The largest absolute Gasteiger partial charge is 0.457 e. The second kappa shape index (κ2) is 5.34. The molecule has 0 unspecified atom stereocenters. The Morgan fingerprint density at radius 3 is 2.67 bits per heavy atom. The average molecular weight is 349 g/mol. The fraction of sp³-hybridized carbons (Fsp3) is 0.0833. The highest BCUT2D eigenvalue weighted by Gasteiger charge is 2.14. The molecule has 0 fully saturated rings. The molecule has 0 saturated carbocycles. The number of nitrogens with one attached hydrogen (secondary N) is 1. The predicted octanol–water partition coefficient (Wildman–Crippen LogP) is 4.91. The number of carbonyl (C=O) groups excluding carboxylic acids is 1. The summed E-state index contributed by atoms with van der Waals surface area (Å²) in [5.41, 5.74) is 1.71. The minimum Gasteiger partial charge on any atom is -0.457 e. The molecule has 2 rings (SSSR count). The van der Waals surface area contributed by atoms with E-state index in [0.717, 1.165) is 5.56 Å². The van der Waals surface area contributed by atoms with E-state index in [1.54, 1.807) is 18.2 Å². The third-order valence-electron chi connectivity index (χ3n) is 2.36. The van der Waals surface area contributed by atoms with Crippen molar-refractivity contribution in [3.8, 4) is 0 Å². The van der Waals surface area contributed by atoms with E-state index < -0.39 is 0 Å². The number of anilines is 1. The van der Waals surface area contributed by atoms with Crippen molar-refractivity contribution >= 4 is 50.7 Å². The Balaban J connectivity index is 2.28. The van der Waals surface area contributed by atoms with Crippen LogP contribution in [0.15, 0.2) is 33.5 Å². The van der Waals surface area contributed by atoms with Crippen LogP contribution in [0.2, 0.25) is 10.0 Å². The van der Waals surface area contributed by atoms with Crippen LogP contribution in [-0.2, 0) is 0 Å². The standard InChI is InChI=1S/C12H8BrCl2NO2/c1-6-4-9(15)10(5-8(6)14)16-12(17)7-2-3-18-11(7)13/h2-5H,1H3,(H,16,17). The van der Waals surface area contributed by atoms with Gasteiger partial charge in [-0.1, -0.05) is 23.2 Å². The molecule has 1 N–H and O–H groups in total. The van der Waals surface area contributed by atoms with Crippen LogP contribution in [0.4, 0.5) is 5.69 Å². The van der Waals surface area contributed by atoms with Crippen molar-refractivity contribution in [2.45, 2.75) is 6.92 Å². The number of halogens is 3. The second-order valence-corrected chi connectivity index (χ2v) is 5.18. The minimum absolute atomic E-state index is 0.322. The predicted molar refractivity (Wildman–Crippen MR) is 75.6 cm³/mol. The number of rotatable bonds is 2. The zero-order valence-electron chi connectivity index (χ0n) is 9.26. The molecule has 0 aliphatic carbocycles. The smallest absolute Gasteiger partial charge is 0.260 e. The van der Waals surface area contributed by atoms with Crippen molar-refractivity contribution in [3.63, 3.8) is 0 Å². The Labute approximate surface area is 122 Å². The van der Waals surface area contributed by atoms with Gasteiger partial charge >= 0.3 is 0 Å². The first kappa shape index (κ1) is 13.5. The molecule has 18 heavy (non-hydrogen) atoms. The molecule has 3 nitrogen and oxygen atoms in total. The highest BCUT2D eigenvalue weighted by Crippen LogP contribution is 2.29. The molecule has 0 spiro atoms. The molecule has 1 heterocycles. The van der Waals surface area contributed by atoms with Gasteiger partial charge < -0.3 is 9.73 Å². The summed E-state index contributed by atoms with van der Waals surface area (Å²) >= 11 is 15.2. The molecule has 0 atom stereocenters. The molecule has 1 aromatic heterocycles. The van der Waals surface area contributed by atoms with E-state index in [1.807, 2.05) is 6.92 Å². The van der Waals surface area contributed by atoms with Crippen LogP contribution < -0.4 is 5.32 Å². The SMILES string of the molecule is Cc1cc(Cl)c(NC(=O)c2ccoc2Br)cc1Cl. The molecule has 1 aromatic carbocycles. The lowest BCUT2D eigenvalue weighted by molar-refractivity contribution is 0.102. The van der Waals surface area contributed by atoms with Gasteiger partial charge in [-0.2, -0.15) is 0 Å². The summed E-state index contributed by atoms with van der Waals surface area (Å²) in [6.07, 6.45) is 1.42. The van der Waals surface area contributed by atoms with Crippen molar-refractivity contribution in [3.05, 3.63) is 50.3 Å². The van der Waals surface area contributed by atoms with Crippen LogP contribution in [0.1, 0.15) is 15.9 Å². The number of hydrogen-bond acceptors (Lipinski definition) is 2. The maximum absolute atomic E-state index is 11.9. The zero-order valence-corrected chi connectivity index (χ0v) is 12.4. The maximum atomic E-state index is 11.9. The molecule has 2 aromatic rings. The van der Waals surface area contributed by atoms with Gasteiger partial charge in [0.1, 0.15) is 0 Å². The summed E-state index contributed by atoms with van der Waals surface area (Å²) in [7, 11) is 0. The van der Waals surface area contributed by atoms with Gasteiger partial charge in [-0.05, 0) is 46.6 Å². The van der Waals surface area contributed by atoms with E-state index in [4.69, 9.17) is 27.6 Å². The molecule has 1 amide bonds. The lowest BCUT2D eigenvalue weighted by Crippen LogP contribution is -2.12. The molecule has 0 saturated heterocycles. The van der Waals surface area contributed by atoms with E-state index in [2.05, 4.69) is 21.2 Å². The first-order chi connectivity index (χ1) is 8.49. The van der Waals surface area contributed by atoms with Gasteiger partial charge in [0.15, 0.2) is 4.67 Å². The number of benzene rings is 1. The lowest BCUT2D eigenvalue weighted by atomic mass is 10.2. The third kappa shape index (κ3) is 2.71. The number of furan rings is 1. The number of aryl methyl sites for hydroxylation is 1. The molecule has 0 bridgehead atoms. The van der Waals surface area contributed by atoms with Crippen molar-refractivity contribution < 1.29 is 9.21 Å². The monoisotopic (exact) mass is 347 g/mol. The van der Waals surface area contributed by atoms with Crippen LogP contribution in [-0.4, -0.2) is 5.91 Å². The van der Waals surface area contributed by atoms with Gasteiger partial charge in [0.25, 0.3) is 5.91 Å². The second-order valence-electron chi connectivity index (χ2n) is 3.64. The summed E-state index contributed by atoms with van der Waals surface area (Å²) in [6, 6.07) is 4.87. The highest BCUT2D eigenvalue weighted by atomic mass is 79.9. The summed E-state index contributed by atoms with van der Waals surface area (Å²) in [6.45, 7) is 1.84. The molecule has 0 aliphatic rings. The Morgan fingerprint density at radius 2 is 2.06 bits per heavy atom. The van der Waals surface area contributed by atoms with Gasteiger partial charge in [-0.15, -0.1) is 0 Å². The van der Waals surface area contributed by atoms with Crippen LogP contribution in [0.25, 0.3) is 0 Å². The molecule has 0 aliphatic heterocycles. The maximum Gasteiger partial charge on any atom is 0.260 e. The Morgan fingerprint density at radius 1 is 1.33 bits per heavy atom. The first-order valence-corrected chi connectivity index (χ1v) is 6.54. The Bertz CT molecular complexity index is 610. The van der Waals surface area contributed by atoms with E-state index in [1.165, 1.54) is 6.26 Å². The quantitative estimate of drug-likeness (QED) is 0.837. The van der Waals surface area contributed by atoms with E-state index >= 15 is 0 Å². The fourth-order valence-corrected chi connectivity index (χ4v) is 2.24. The van der Waals surface area contributed by atoms with Gasteiger partial charge in [-0.25, -0.2) is 0 Å². The molecular formula is C12H8BrCl2NO2. The summed E-state index contributed by atoms with van der Waals surface area (Å²) in [5, 5.41) is 3.65. The molecule has 6 heteroatoms. The summed E-state index contributed by atoms with van der Waals surface area (Å²) < 4.78 is 5.36. The van der Waals surface area contributed by atoms with Crippen molar-refractivity contribution in [2.75, 3.05) is 5.32 Å². The third-order valence-corrected chi connectivity index (χ3v) is 3.69. The minimum atomic E-state index is -0.322. The normalized spacial score (nSPS) is 10.4. The van der Waals surface area contributed by atoms with Crippen LogP contribution in [0.3, 0.4) is 0 Å².